The Bertz CT molecular complexity index is 479. The van der Waals surface area contributed by atoms with Crippen LogP contribution < -0.4 is 5.73 Å². The summed E-state index contributed by atoms with van der Waals surface area (Å²) >= 11 is 0. The highest BCUT2D eigenvalue weighted by Gasteiger charge is 2.07. The first kappa shape index (κ1) is 13.3. The highest BCUT2D eigenvalue weighted by atomic mass is 28.3. The van der Waals surface area contributed by atoms with Crippen LogP contribution in [0.1, 0.15) is 18.4 Å². The molecule has 0 fully saturated rings. The number of rotatable bonds is 3. The number of nitrogens with zero attached hydrogens (tertiary/aromatic N) is 3. The molecule has 2 N–H and O–H groups in total. The molecule has 17 heavy (non-hydrogen) atoms. The number of nitrogen functional groups attached to an aromatic ring is 1. The van der Waals surface area contributed by atoms with Gasteiger partial charge in [0.15, 0.2) is 0 Å². The van der Waals surface area contributed by atoms with Crippen LogP contribution in [0.2, 0.25) is 19.6 Å². The monoisotopic (exact) mass is 246 g/mol. The van der Waals surface area contributed by atoms with E-state index in [-0.39, 0.29) is 0 Å². The van der Waals surface area contributed by atoms with E-state index >= 15 is 0 Å². The van der Waals surface area contributed by atoms with Crippen LogP contribution >= 0.6 is 0 Å². The van der Waals surface area contributed by atoms with Crippen molar-refractivity contribution >= 4 is 13.9 Å². The van der Waals surface area contributed by atoms with Crippen LogP contribution in [0.25, 0.3) is 0 Å². The molecule has 0 aromatic carbocycles. The Morgan fingerprint density at radius 1 is 1.47 bits per heavy atom. The third kappa shape index (κ3) is 4.34. The Balaban J connectivity index is 2.44. The van der Waals surface area contributed by atoms with Gasteiger partial charge < -0.3 is 5.73 Å². The van der Waals surface area contributed by atoms with Crippen molar-refractivity contribution in [3.05, 3.63) is 11.8 Å². The zero-order valence-corrected chi connectivity index (χ0v) is 11.6. The Kier molecular flexibility index (Phi) is 4.36. The van der Waals surface area contributed by atoms with E-state index in [1.54, 1.807) is 4.68 Å². The quantitative estimate of drug-likeness (QED) is 0.504. The highest BCUT2D eigenvalue weighted by Crippen LogP contribution is 2.09. The summed E-state index contributed by atoms with van der Waals surface area (Å²) in [6.45, 7) is 7.40. The van der Waals surface area contributed by atoms with E-state index in [1.807, 2.05) is 6.07 Å². The molecule has 0 saturated carbocycles. The highest BCUT2D eigenvalue weighted by molar-refractivity contribution is 6.83. The Hall–Kier alpha value is -1.72. The molecule has 0 unspecified atom stereocenters. The molecule has 90 valence electrons. The van der Waals surface area contributed by atoms with Crippen molar-refractivity contribution in [2.75, 3.05) is 5.73 Å². The smallest absolute Gasteiger partial charge is 0.139 e. The minimum atomic E-state index is -1.25. The fraction of sp³-hybridized carbons (Fsp3) is 0.500. The Labute approximate surface area is 103 Å². The minimum absolute atomic E-state index is 0.443. The van der Waals surface area contributed by atoms with E-state index in [4.69, 9.17) is 11.0 Å². The van der Waals surface area contributed by atoms with E-state index in [9.17, 15) is 0 Å². The van der Waals surface area contributed by atoms with E-state index < -0.39 is 8.07 Å². The average molecular weight is 246 g/mol. The van der Waals surface area contributed by atoms with Crippen molar-refractivity contribution < 1.29 is 0 Å². The van der Waals surface area contributed by atoms with Crippen LogP contribution in [0.4, 0.5) is 5.82 Å². The summed E-state index contributed by atoms with van der Waals surface area (Å²) in [5.41, 5.74) is 9.50. The van der Waals surface area contributed by atoms with Gasteiger partial charge in [-0.15, -0.1) is 11.5 Å². The molecule has 0 spiro atoms. The van der Waals surface area contributed by atoms with Gasteiger partial charge in [0.25, 0.3) is 0 Å². The summed E-state index contributed by atoms with van der Waals surface area (Å²) in [6, 6.07) is 2.01. The summed E-state index contributed by atoms with van der Waals surface area (Å²) in [6.07, 6.45) is 3.27. The normalized spacial score (nSPS) is 10.5. The summed E-state index contributed by atoms with van der Waals surface area (Å²) < 4.78 is 1.66. The first-order chi connectivity index (χ1) is 7.94. The molecular formula is C12H18N4Si. The third-order valence-corrected chi connectivity index (χ3v) is 3.06. The summed E-state index contributed by atoms with van der Waals surface area (Å²) in [5.74, 6) is 3.65. The van der Waals surface area contributed by atoms with Crippen molar-refractivity contribution in [2.24, 2.45) is 0 Å². The number of hydrogen-bond donors (Lipinski definition) is 1. The zero-order valence-electron chi connectivity index (χ0n) is 10.6. The van der Waals surface area contributed by atoms with Gasteiger partial charge in [-0.05, 0) is 6.42 Å². The minimum Gasteiger partial charge on any atom is -0.383 e. The van der Waals surface area contributed by atoms with Gasteiger partial charge in [-0.2, -0.15) is 10.4 Å². The Morgan fingerprint density at radius 3 is 2.71 bits per heavy atom. The number of aromatic nitrogens is 2. The lowest BCUT2D eigenvalue weighted by Gasteiger charge is -2.04. The van der Waals surface area contributed by atoms with E-state index in [2.05, 4.69) is 36.2 Å². The standard InChI is InChI=1S/C12H18N4Si/c1-17(2,3)8-6-4-5-7-16-12(14)11(9-13)10-15-16/h10H,4-5,7,14H2,1-3H3. The van der Waals surface area contributed by atoms with E-state index in [0.717, 1.165) is 12.8 Å². The fourth-order valence-electron chi connectivity index (χ4n) is 1.30. The number of aryl methyl sites for hydroxylation is 1. The largest absolute Gasteiger partial charge is 0.383 e. The van der Waals surface area contributed by atoms with Crippen LogP contribution in [0.15, 0.2) is 6.20 Å². The number of anilines is 1. The number of nitrogens with two attached hydrogens (primary N) is 1. The first-order valence-electron chi connectivity index (χ1n) is 5.65. The van der Waals surface area contributed by atoms with Gasteiger partial charge in [-0.25, -0.2) is 4.68 Å². The van der Waals surface area contributed by atoms with Crippen LogP contribution in [-0.2, 0) is 6.54 Å². The topological polar surface area (TPSA) is 67.6 Å². The predicted molar refractivity (Wildman–Crippen MR) is 71.7 cm³/mol. The zero-order chi connectivity index (χ0) is 12.9. The molecule has 1 aromatic heterocycles. The molecular weight excluding hydrogens is 228 g/mol. The van der Waals surface area contributed by atoms with Crippen LogP contribution in [0, 0.1) is 22.8 Å². The lowest BCUT2D eigenvalue weighted by atomic mass is 10.3. The molecule has 0 amide bonds. The SMILES string of the molecule is C[Si](C)(C)C#CCCCn1ncc(C#N)c1N. The van der Waals surface area contributed by atoms with Crippen LogP contribution in [-0.4, -0.2) is 17.9 Å². The maximum Gasteiger partial charge on any atom is 0.139 e. The molecule has 0 saturated heterocycles. The first-order valence-corrected chi connectivity index (χ1v) is 9.15. The average Bonchev–Trinajstić information content (AvgIpc) is 2.58. The predicted octanol–water partition coefficient (Wildman–Crippen LogP) is 2.00. The van der Waals surface area contributed by atoms with Gasteiger partial charge in [0.1, 0.15) is 25.5 Å². The van der Waals surface area contributed by atoms with Crippen molar-refractivity contribution in [3.8, 4) is 17.5 Å². The fourth-order valence-corrected chi connectivity index (χ4v) is 1.96. The molecule has 0 radical (unpaired) electrons. The number of nitriles is 1. The second kappa shape index (κ2) is 5.56. The summed E-state index contributed by atoms with van der Waals surface area (Å²) in [7, 11) is -1.25. The maximum absolute atomic E-state index is 8.73. The van der Waals surface area contributed by atoms with Gasteiger partial charge in [0, 0.05) is 13.0 Å². The van der Waals surface area contributed by atoms with Gasteiger partial charge in [-0.1, -0.05) is 19.6 Å². The van der Waals surface area contributed by atoms with E-state index in [0.29, 0.717) is 17.9 Å². The van der Waals surface area contributed by atoms with Crippen LogP contribution in [0.5, 0.6) is 0 Å². The molecule has 0 aliphatic heterocycles. The molecule has 1 aromatic rings. The number of hydrogen-bond acceptors (Lipinski definition) is 3. The molecule has 4 nitrogen and oxygen atoms in total. The van der Waals surface area contributed by atoms with E-state index in [1.165, 1.54) is 6.20 Å². The van der Waals surface area contributed by atoms with Crippen molar-refractivity contribution in [3.63, 3.8) is 0 Å². The Morgan fingerprint density at radius 2 is 2.18 bits per heavy atom. The second-order valence-corrected chi connectivity index (χ2v) is 9.68. The third-order valence-electron chi connectivity index (χ3n) is 2.14. The molecule has 0 bridgehead atoms. The maximum atomic E-state index is 8.73. The molecule has 0 aliphatic rings. The molecule has 1 heterocycles. The van der Waals surface area contributed by atoms with Gasteiger partial charge in [0.05, 0.1) is 6.20 Å². The molecule has 0 atom stereocenters. The molecule has 0 aliphatic carbocycles. The van der Waals surface area contributed by atoms with Crippen molar-refractivity contribution in [1.82, 2.24) is 9.78 Å². The molecule has 5 heteroatoms. The van der Waals surface area contributed by atoms with Crippen molar-refractivity contribution in [1.29, 1.82) is 5.26 Å². The number of unbranched alkanes of at least 4 members (excludes halogenated alkanes) is 1. The van der Waals surface area contributed by atoms with Gasteiger partial charge in [0.2, 0.25) is 0 Å². The van der Waals surface area contributed by atoms with Gasteiger partial charge >= 0.3 is 0 Å². The van der Waals surface area contributed by atoms with Crippen LogP contribution in [0.3, 0.4) is 0 Å². The lowest BCUT2D eigenvalue weighted by Crippen LogP contribution is -2.16. The summed E-state index contributed by atoms with van der Waals surface area (Å²) in [4.78, 5) is 0. The summed E-state index contributed by atoms with van der Waals surface area (Å²) in [5, 5.41) is 12.8. The lowest BCUT2D eigenvalue weighted by molar-refractivity contribution is 0.595. The second-order valence-electron chi connectivity index (χ2n) is 4.93. The molecule has 1 rings (SSSR count). The van der Waals surface area contributed by atoms with Gasteiger partial charge in [-0.3, -0.25) is 0 Å². The van der Waals surface area contributed by atoms with Crippen molar-refractivity contribution in [2.45, 2.75) is 39.0 Å².